The van der Waals surface area contributed by atoms with Gasteiger partial charge in [0.2, 0.25) is 23.6 Å². The van der Waals surface area contributed by atoms with Crippen LogP contribution in [0.25, 0.3) is 0 Å². The summed E-state index contributed by atoms with van der Waals surface area (Å²) >= 11 is 9.85. The number of hydrogen-bond donors (Lipinski definition) is 7. The molecule has 17 rings (SSSR count). The molecule has 14 heterocycles. The number of aliphatic hydroxyl groups excluding tert-OH is 3. The number of ether oxygens (including phenoxy) is 5. The van der Waals surface area contributed by atoms with Crippen molar-refractivity contribution < 1.29 is 102 Å². The number of rotatable bonds is 23. The number of carboxylic acids is 3. The van der Waals surface area contributed by atoms with E-state index in [0.717, 1.165) is 108 Å². The van der Waals surface area contributed by atoms with E-state index in [4.69, 9.17) is 44.8 Å². The molecule has 35 nitrogen and oxygen atoms in total. The number of Topliss-reactive ketones (excluding diaryl/α,β-unsaturated/α-hetero) is 1. The lowest BCUT2D eigenvalue weighted by Crippen LogP contribution is -2.42. The van der Waals surface area contributed by atoms with Gasteiger partial charge < -0.3 is 59.6 Å². The van der Waals surface area contributed by atoms with Gasteiger partial charge in [-0.2, -0.15) is 0 Å². The first-order valence-corrected chi connectivity index (χ1v) is 56.2. The number of carbonyl (C=O) groups excluding carboxylic acids is 7. The number of esters is 2. The minimum absolute atomic E-state index is 0.0153. The van der Waals surface area contributed by atoms with E-state index >= 15 is 0 Å². The first kappa shape index (κ1) is 105. The largest absolute Gasteiger partial charge is 0.478 e. The molecule has 41 heteroatoms. The van der Waals surface area contributed by atoms with Crippen molar-refractivity contribution >= 4 is 155 Å². The van der Waals surface area contributed by atoms with Crippen LogP contribution in [0.2, 0.25) is 77.1 Å². The van der Waals surface area contributed by atoms with E-state index in [1.165, 1.54) is 57.9 Å². The van der Waals surface area contributed by atoms with Crippen molar-refractivity contribution in [3.63, 3.8) is 0 Å². The van der Waals surface area contributed by atoms with Crippen molar-refractivity contribution in [3.8, 4) is 0 Å². The lowest BCUT2D eigenvalue weighted by Gasteiger charge is -2.23. The molecular weight excluding hydrogens is 1990 g/mol. The highest BCUT2D eigenvalue weighted by Crippen LogP contribution is 2.51. The van der Waals surface area contributed by atoms with Crippen molar-refractivity contribution in [1.29, 1.82) is 0 Å². The van der Waals surface area contributed by atoms with Crippen molar-refractivity contribution in [2.45, 2.75) is 158 Å². The van der Waals surface area contributed by atoms with E-state index < -0.39 is 76.0 Å². The molecule has 7 aliphatic rings. The highest BCUT2D eigenvalue weighted by molar-refractivity contribution is 9.11. The number of carboxylic acid groups (broad SMARTS) is 3. The molecule has 10 aromatic heterocycles. The summed E-state index contributed by atoms with van der Waals surface area (Å²) < 4.78 is 28.7. The smallest absolute Gasteiger partial charge is 0.357 e. The zero-order valence-corrected chi connectivity index (χ0v) is 84.7. The third kappa shape index (κ3) is 25.7. The molecule has 0 fully saturated rings. The molecule has 10 aromatic rings. The number of pyridine rings is 10. The van der Waals surface area contributed by atoms with Gasteiger partial charge in [-0.15, -0.1) is 0 Å². The van der Waals surface area contributed by atoms with Crippen LogP contribution in [0.3, 0.4) is 0 Å². The van der Waals surface area contributed by atoms with Crippen LogP contribution in [0, 0.1) is 0 Å². The fourth-order valence-electron chi connectivity index (χ4n) is 15.7. The number of hydrogen-bond acceptors (Lipinski definition) is 28. The Morgan fingerprint density at radius 1 is 0.437 bits per heavy atom. The Labute approximate surface area is 808 Å². The summed E-state index contributed by atoms with van der Waals surface area (Å²) in [5.41, 5.74) is 8.58. The van der Waals surface area contributed by atoms with Crippen LogP contribution in [0.4, 0.5) is 23.3 Å². The number of fused-ring (bicyclic) bond motifs is 10. The van der Waals surface area contributed by atoms with Gasteiger partial charge in [0, 0.05) is 196 Å². The van der Waals surface area contributed by atoms with E-state index in [-0.39, 0.29) is 78.5 Å². The van der Waals surface area contributed by atoms with Gasteiger partial charge in [0.1, 0.15) is 43.5 Å². The molecule has 0 saturated heterocycles. The second kappa shape index (κ2) is 46.2. The monoisotopic (exact) mass is 2090 g/mol. The molecule has 0 radical (unpaired) electrons. The van der Waals surface area contributed by atoms with Crippen LogP contribution in [0.5, 0.6) is 0 Å². The lowest BCUT2D eigenvalue weighted by molar-refractivity contribution is -0.124. The topological polar surface area (TPSA) is 489 Å². The number of ketones is 1. The van der Waals surface area contributed by atoms with Gasteiger partial charge in [-0.1, -0.05) is 83.2 Å². The molecule has 4 amide bonds. The van der Waals surface area contributed by atoms with E-state index in [9.17, 15) is 47.9 Å². The third-order valence-corrected chi connectivity index (χ3v) is 29.2. The van der Waals surface area contributed by atoms with Crippen LogP contribution < -0.4 is 20.0 Å². The maximum atomic E-state index is 13.6. The Kier molecular flexibility index (Phi) is 36.0. The summed E-state index contributed by atoms with van der Waals surface area (Å²) in [4.78, 5) is 164. The fourth-order valence-corrected chi connectivity index (χ4v) is 19.1. The predicted octanol–water partition coefficient (Wildman–Crippen LogP) is 13.1. The van der Waals surface area contributed by atoms with Gasteiger partial charge in [-0.25, -0.2) is 53.9 Å². The van der Waals surface area contributed by atoms with Gasteiger partial charge >= 0.3 is 29.8 Å². The number of nitrogens with one attached hydrogen (secondary N) is 1. The van der Waals surface area contributed by atoms with Crippen LogP contribution in [-0.2, 0) is 117 Å². The first-order valence-electron chi connectivity index (χ1n) is 42.7. The number of amides is 4. The van der Waals surface area contributed by atoms with Gasteiger partial charge in [-0.3, -0.25) is 58.6 Å². The van der Waals surface area contributed by atoms with Gasteiger partial charge in [0.15, 0.2) is 17.2 Å². The number of aromatic carboxylic acids is 3. The molecular formula is C94H107Br3N14O21Si3. The maximum Gasteiger partial charge on any atom is 0.357 e. The average Bonchev–Trinajstić information content (AvgIpc) is 1.55. The SMILES string of the molecule is CC(=O)c1cnc2c(c1)C[C@@]1(C2)C(=O)N(COCC[Si](C)(C)C)c2ncccc21.CO.COC(=O)c1cc(Br)cnc1C(=O)OC.C[Si](C)(C)CCOCN1C(=O)C2(Cc3cc(Br)cnc3C2)c2cccnc21.C[Si](C)(C)CCOCN1C(=O)Cc2cccnc21.O=C(O)c1cccnc1C(=O)O.O=C(O)c1cnc2c(c1)C[C@@]1(C2)C(=O)Nc2ncccc21.OCc1cc(Br)cnc1CO. The molecule has 3 atom stereocenters. The Morgan fingerprint density at radius 2 is 0.874 bits per heavy atom. The predicted molar refractivity (Wildman–Crippen MR) is 518 cm³/mol. The summed E-state index contributed by atoms with van der Waals surface area (Å²) in [6.07, 6.45) is 19.5. The zero-order chi connectivity index (χ0) is 98.7. The number of aliphatic hydroxyl groups is 3. The second-order valence-corrected chi connectivity index (χ2v) is 55.4. The fraction of sp³-hybridized carbons (Fsp3) is 0.362. The molecule has 3 aliphatic carbocycles. The van der Waals surface area contributed by atoms with Crippen LogP contribution in [0.15, 0.2) is 166 Å². The Bertz CT molecular complexity index is 6060. The summed E-state index contributed by atoms with van der Waals surface area (Å²) in [6.45, 7) is 25.0. The van der Waals surface area contributed by atoms with Crippen LogP contribution in [-0.4, -0.2) is 225 Å². The van der Waals surface area contributed by atoms with E-state index in [1.54, 1.807) is 76.3 Å². The highest BCUT2D eigenvalue weighted by Gasteiger charge is 2.57. The van der Waals surface area contributed by atoms with E-state index in [1.807, 2.05) is 48.5 Å². The van der Waals surface area contributed by atoms with Gasteiger partial charge in [0.05, 0.1) is 72.5 Å². The molecule has 135 heavy (non-hydrogen) atoms. The van der Waals surface area contributed by atoms with Crippen molar-refractivity contribution in [2.24, 2.45) is 0 Å². The molecule has 0 bridgehead atoms. The number of anilines is 4. The van der Waals surface area contributed by atoms with Crippen LogP contribution >= 0.6 is 47.8 Å². The van der Waals surface area contributed by atoms with Crippen molar-refractivity contribution in [1.82, 2.24) is 49.8 Å². The number of halogens is 3. The quantitative estimate of drug-likeness (QED) is 0.0135. The maximum absolute atomic E-state index is 13.6. The third-order valence-electron chi connectivity index (χ3n) is 22.7. The zero-order valence-electron chi connectivity index (χ0n) is 76.9. The number of aromatic nitrogens is 10. The highest BCUT2D eigenvalue weighted by atomic mass is 79.9. The molecule has 1 unspecified atom stereocenters. The second-order valence-electron chi connectivity index (χ2n) is 35.8. The Hall–Kier alpha value is -11.7. The molecule has 0 aromatic carbocycles. The minimum atomic E-state index is -1.34. The first-order chi connectivity index (χ1) is 64.1. The lowest BCUT2D eigenvalue weighted by atomic mass is 9.79. The minimum Gasteiger partial charge on any atom is -0.478 e. The van der Waals surface area contributed by atoms with Crippen LogP contribution in [0.1, 0.15) is 137 Å². The van der Waals surface area contributed by atoms with E-state index in [0.29, 0.717) is 97.8 Å². The number of nitrogens with zero attached hydrogens (tertiary/aromatic N) is 13. The van der Waals surface area contributed by atoms with Gasteiger partial charge in [0.25, 0.3) is 0 Å². The molecule has 7 N–H and O–H groups in total. The molecule has 0 saturated carbocycles. The summed E-state index contributed by atoms with van der Waals surface area (Å²) in [7, 11) is 0.0227. The summed E-state index contributed by atoms with van der Waals surface area (Å²) in [5.74, 6) is -2.11. The summed E-state index contributed by atoms with van der Waals surface area (Å²) in [6, 6.07) is 29.9. The Morgan fingerprint density at radius 3 is 1.37 bits per heavy atom. The standard InChI is InChI=1S/C22H27N3O3Si.C20H24BrN3O2Si.C15H11N3O3.C13H20N2O2Si.C9H8BrNO4.C7H8BrNO2.C7H5NO4.CH4O/c1-15(26)17-10-16-11-22(12-19(16)24-13-17)18-6-5-7-23-20(18)25(21(22)27)14-28-8-9-29(2,3)4;1-27(2,3)8-7-26-13-24-18-16(5-4-6-22-18)20(19(24)25)10-14-9-15(21)12-23-17(14)11-20;19-13(20)9-4-8-5-15(6-11(8)17-7-9)10-2-1-3-16-12(10)18-14(15)21;1-18(2,3)8-7-17-10-15-12(16)9-11-5-4-6-14-13(11)15;1-14-8(12)6-3-5(10)4-11-7(6)9(13)15-2;8-6-1-5(3-10)7(4-11)9-2-6;9-6(10)4-2-1-3-8-5(4)7(11)12;1-2/h5-7,10,13H,8-9,11-12,14H2,1-4H3;4-6,9,12H,7-8,10-11,13H2,1-3H3;1-4,7H,5-6H2,(H,19,20)(H,16,18,21);4-6H,7-10H2,1-3H3;3-4H,1-2H3;1-2,10-11H,3-4H2;1-3H,(H,9,10)(H,11,12);2H,1H3/t22-;;15-;;;;;/m0.0...../s1. The van der Waals surface area contributed by atoms with Crippen molar-refractivity contribution in [3.05, 3.63) is 267 Å². The molecule has 4 aliphatic heterocycles. The number of carbonyl (C=O) groups is 10. The number of methoxy groups -OCH3 is 2. The summed E-state index contributed by atoms with van der Waals surface area (Å²) in [5, 5.41) is 53.4. The van der Waals surface area contributed by atoms with Gasteiger partial charge in [-0.05, 0) is 176 Å². The average molecular weight is 2090 g/mol. The molecule has 3 spiro atoms. The van der Waals surface area contributed by atoms with E-state index in [2.05, 4.69) is 177 Å². The Balaban J connectivity index is 0.000000166. The van der Waals surface area contributed by atoms with Crippen molar-refractivity contribution in [2.75, 3.05) is 81.4 Å². The molecule has 712 valence electrons. The normalized spacial score (nSPS) is 16.7.